The van der Waals surface area contributed by atoms with Crippen LogP contribution in [0.25, 0.3) is 17.0 Å². The summed E-state index contributed by atoms with van der Waals surface area (Å²) in [7, 11) is 0. The van der Waals surface area contributed by atoms with Crippen molar-refractivity contribution in [2.24, 2.45) is 0 Å². The predicted molar refractivity (Wildman–Crippen MR) is 129 cm³/mol. The summed E-state index contributed by atoms with van der Waals surface area (Å²) in [6.45, 7) is 0.317. The Balaban J connectivity index is 1.54. The number of carbonyl (C=O) groups excluding carboxylic acids is 2. The molecule has 6 nitrogen and oxygen atoms in total. The number of nitrogens with one attached hydrogen (secondary N) is 2. The summed E-state index contributed by atoms with van der Waals surface area (Å²) >= 11 is 0. The lowest BCUT2D eigenvalue weighted by Crippen LogP contribution is -2.23. The molecular weight excluding hydrogens is 431 g/mol. The normalized spacial score (nSPS) is 11.1. The zero-order chi connectivity index (χ0) is 23.9. The van der Waals surface area contributed by atoms with Gasteiger partial charge in [-0.15, -0.1) is 0 Å². The van der Waals surface area contributed by atoms with Crippen LogP contribution >= 0.6 is 0 Å². The lowest BCUT2D eigenvalue weighted by molar-refractivity contribution is -0.117. The summed E-state index contributed by atoms with van der Waals surface area (Å²) in [4.78, 5) is 25.2. The van der Waals surface area contributed by atoms with Crippen molar-refractivity contribution in [3.63, 3.8) is 0 Å². The van der Waals surface area contributed by atoms with E-state index in [0.29, 0.717) is 17.8 Å². The maximum absolute atomic E-state index is 13.1. The first kappa shape index (κ1) is 22.5. The molecule has 7 heteroatoms. The van der Waals surface area contributed by atoms with Crippen molar-refractivity contribution in [1.82, 2.24) is 9.88 Å². The zero-order valence-electron chi connectivity index (χ0n) is 18.2. The maximum atomic E-state index is 13.1. The highest BCUT2D eigenvalue weighted by Gasteiger charge is 2.14. The van der Waals surface area contributed by atoms with Crippen molar-refractivity contribution < 1.29 is 14.0 Å². The minimum Gasteiger partial charge on any atom is -0.347 e. The lowest BCUT2D eigenvalue weighted by atomic mass is 10.1. The molecule has 1 heterocycles. The minimum absolute atomic E-state index is 0.00776. The van der Waals surface area contributed by atoms with Gasteiger partial charge in [-0.2, -0.15) is 5.26 Å². The van der Waals surface area contributed by atoms with Crippen molar-refractivity contribution >= 4 is 34.5 Å². The first-order valence-electron chi connectivity index (χ1n) is 10.6. The predicted octanol–water partition coefficient (Wildman–Crippen LogP) is 4.64. The highest BCUT2D eigenvalue weighted by molar-refractivity contribution is 6.04. The van der Waals surface area contributed by atoms with Gasteiger partial charge in [0.25, 0.3) is 5.91 Å². The van der Waals surface area contributed by atoms with Crippen LogP contribution in [0.5, 0.6) is 0 Å². The van der Waals surface area contributed by atoms with E-state index in [-0.39, 0.29) is 23.8 Å². The number of hydrogen-bond acceptors (Lipinski definition) is 3. The Kier molecular flexibility index (Phi) is 6.80. The van der Waals surface area contributed by atoms with Crippen molar-refractivity contribution in [3.8, 4) is 6.07 Å². The van der Waals surface area contributed by atoms with E-state index in [0.717, 1.165) is 16.5 Å². The smallest absolute Gasteiger partial charge is 0.262 e. The number of amides is 2. The summed E-state index contributed by atoms with van der Waals surface area (Å²) in [5.41, 5.74) is 2.82. The number of para-hydroxylation sites is 1. The molecule has 0 aliphatic carbocycles. The Labute approximate surface area is 195 Å². The number of halogens is 1. The third-order valence-corrected chi connectivity index (χ3v) is 5.22. The third-order valence-electron chi connectivity index (χ3n) is 5.22. The van der Waals surface area contributed by atoms with Crippen molar-refractivity contribution in [1.29, 1.82) is 5.26 Å². The number of anilines is 1. The number of aromatic nitrogens is 1. The second-order valence-corrected chi connectivity index (χ2v) is 7.62. The van der Waals surface area contributed by atoms with Crippen molar-refractivity contribution in [3.05, 3.63) is 108 Å². The van der Waals surface area contributed by atoms with Crippen LogP contribution in [-0.2, 0) is 22.7 Å². The van der Waals surface area contributed by atoms with Crippen LogP contribution in [0, 0.1) is 17.1 Å². The summed E-state index contributed by atoms with van der Waals surface area (Å²) < 4.78 is 14.8. The van der Waals surface area contributed by atoms with Gasteiger partial charge in [0.15, 0.2) is 0 Å². The van der Waals surface area contributed by atoms with Crippen LogP contribution in [0.4, 0.5) is 10.1 Å². The Hall–Kier alpha value is -4.70. The third kappa shape index (κ3) is 5.37. The summed E-state index contributed by atoms with van der Waals surface area (Å²) in [6, 6.07) is 24.3. The Morgan fingerprint density at radius 2 is 1.68 bits per heavy atom. The van der Waals surface area contributed by atoms with Gasteiger partial charge in [0.05, 0.1) is 0 Å². The number of hydrogen-bond donors (Lipinski definition) is 2. The molecule has 2 N–H and O–H groups in total. The van der Waals surface area contributed by atoms with Crippen LogP contribution in [0.1, 0.15) is 11.1 Å². The number of benzene rings is 3. The van der Waals surface area contributed by atoms with E-state index in [1.165, 1.54) is 30.3 Å². The first-order chi connectivity index (χ1) is 16.5. The quantitative estimate of drug-likeness (QED) is 0.316. The molecule has 0 saturated carbocycles. The van der Waals surface area contributed by atoms with Crippen LogP contribution in [0.2, 0.25) is 0 Å². The Morgan fingerprint density at radius 3 is 2.41 bits per heavy atom. The second kappa shape index (κ2) is 10.3. The first-order valence-corrected chi connectivity index (χ1v) is 10.6. The SMILES string of the molecule is N#C/C(=C\c1cn(CC(=O)Nc2ccc(F)cc2)c2ccccc12)C(=O)NCc1ccccc1. The molecule has 0 aliphatic rings. The molecule has 0 saturated heterocycles. The van der Waals surface area contributed by atoms with Gasteiger partial charge in [-0.1, -0.05) is 48.5 Å². The van der Waals surface area contributed by atoms with Gasteiger partial charge in [0.1, 0.15) is 24.0 Å². The van der Waals surface area contributed by atoms with Gasteiger partial charge in [-0.05, 0) is 42.0 Å². The molecule has 3 aromatic carbocycles. The molecule has 2 amide bonds. The fourth-order valence-corrected chi connectivity index (χ4v) is 3.59. The monoisotopic (exact) mass is 452 g/mol. The molecule has 0 atom stereocenters. The molecule has 4 aromatic rings. The van der Waals surface area contributed by atoms with Crippen LogP contribution in [0.3, 0.4) is 0 Å². The Morgan fingerprint density at radius 1 is 0.971 bits per heavy atom. The van der Waals surface area contributed by atoms with Crippen molar-refractivity contribution in [2.45, 2.75) is 13.1 Å². The summed E-state index contributed by atoms with van der Waals surface area (Å²) in [5.74, 6) is -1.15. The van der Waals surface area contributed by atoms with Gasteiger partial charge >= 0.3 is 0 Å². The molecule has 0 radical (unpaired) electrons. The van der Waals surface area contributed by atoms with Crippen LogP contribution in [-0.4, -0.2) is 16.4 Å². The number of nitriles is 1. The van der Waals surface area contributed by atoms with E-state index in [1.807, 2.05) is 60.7 Å². The van der Waals surface area contributed by atoms with Crippen LogP contribution < -0.4 is 10.6 Å². The second-order valence-electron chi connectivity index (χ2n) is 7.62. The fraction of sp³-hybridized carbons (Fsp3) is 0.0741. The Bertz CT molecular complexity index is 1400. The molecular formula is C27H21FN4O2. The van der Waals surface area contributed by atoms with E-state index in [2.05, 4.69) is 10.6 Å². The summed E-state index contributed by atoms with van der Waals surface area (Å²) in [5, 5.41) is 15.9. The topological polar surface area (TPSA) is 86.9 Å². The molecule has 0 fully saturated rings. The number of rotatable bonds is 7. The van der Waals surface area contributed by atoms with E-state index in [4.69, 9.17) is 0 Å². The van der Waals surface area contributed by atoms with Gasteiger partial charge in [-0.3, -0.25) is 9.59 Å². The standard InChI is InChI=1S/C27H21FN4O2/c28-22-10-12-23(13-11-22)31-26(33)18-32-17-21(24-8-4-5-9-25(24)32)14-20(15-29)27(34)30-16-19-6-2-1-3-7-19/h1-14,17H,16,18H2,(H,30,34)(H,31,33)/b20-14+. The minimum atomic E-state index is -0.475. The zero-order valence-corrected chi connectivity index (χ0v) is 18.2. The average Bonchev–Trinajstić information content (AvgIpc) is 3.20. The van der Waals surface area contributed by atoms with Crippen molar-refractivity contribution in [2.75, 3.05) is 5.32 Å². The molecule has 0 bridgehead atoms. The highest BCUT2D eigenvalue weighted by atomic mass is 19.1. The van der Waals surface area contributed by atoms with Gasteiger partial charge < -0.3 is 15.2 Å². The number of fused-ring (bicyclic) bond motifs is 1. The molecule has 168 valence electrons. The molecule has 0 unspecified atom stereocenters. The summed E-state index contributed by atoms with van der Waals surface area (Å²) in [6.07, 6.45) is 3.26. The van der Waals surface area contributed by atoms with E-state index < -0.39 is 5.91 Å². The highest BCUT2D eigenvalue weighted by Crippen LogP contribution is 2.24. The molecule has 34 heavy (non-hydrogen) atoms. The van der Waals surface area contributed by atoms with E-state index in [9.17, 15) is 19.2 Å². The molecule has 0 aliphatic heterocycles. The number of carbonyl (C=O) groups is 2. The average molecular weight is 452 g/mol. The van der Waals surface area contributed by atoms with Crippen LogP contribution in [0.15, 0.2) is 90.6 Å². The molecule has 4 rings (SSSR count). The molecule has 0 spiro atoms. The van der Waals surface area contributed by atoms with Gasteiger partial charge in [-0.25, -0.2) is 4.39 Å². The van der Waals surface area contributed by atoms with Gasteiger partial charge in [0.2, 0.25) is 5.91 Å². The lowest BCUT2D eigenvalue weighted by Gasteiger charge is -2.07. The largest absolute Gasteiger partial charge is 0.347 e. The van der Waals surface area contributed by atoms with E-state index in [1.54, 1.807) is 10.8 Å². The maximum Gasteiger partial charge on any atom is 0.262 e. The fourth-order valence-electron chi connectivity index (χ4n) is 3.59. The van der Waals surface area contributed by atoms with E-state index >= 15 is 0 Å². The molecule has 1 aromatic heterocycles. The van der Waals surface area contributed by atoms with Gasteiger partial charge in [0, 0.05) is 34.9 Å². The number of nitrogens with zero attached hydrogens (tertiary/aromatic N) is 2.